The Labute approximate surface area is 159 Å². The molecule has 0 unspecified atom stereocenters. The number of Topliss-reactive ketones (excluding diaryl/α,β-unsaturated/α-hetero) is 1. The van der Waals surface area contributed by atoms with E-state index in [1.165, 1.54) is 23.1 Å². The van der Waals surface area contributed by atoms with E-state index in [0.717, 1.165) is 31.2 Å². The molecule has 1 saturated carbocycles. The number of hydrogen-bond donors (Lipinski definition) is 1. The molecule has 1 aromatic carbocycles. The molecule has 1 aromatic heterocycles. The minimum atomic E-state index is 0.0107. The lowest BCUT2D eigenvalue weighted by molar-refractivity contribution is -0.119. The summed E-state index contributed by atoms with van der Waals surface area (Å²) >= 11 is 8.60. The molecule has 0 bridgehead atoms. The number of carbonyl (C=O) groups is 2. The number of benzene rings is 1. The van der Waals surface area contributed by atoms with Crippen molar-refractivity contribution in [2.45, 2.75) is 36.9 Å². The van der Waals surface area contributed by atoms with E-state index >= 15 is 0 Å². The predicted octanol–water partition coefficient (Wildman–Crippen LogP) is 4.60. The van der Waals surface area contributed by atoms with Crippen molar-refractivity contribution in [2.75, 3.05) is 11.1 Å². The fourth-order valence-electron chi connectivity index (χ4n) is 2.74. The maximum atomic E-state index is 12.3. The molecule has 0 aliphatic heterocycles. The highest BCUT2D eigenvalue weighted by atomic mass is 35.5. The Morgan fingerprint density at radius 1 is 1.32 bits per heavy atom. The number of ketones is 1. The summed E-state index contributed by atoms with van der Waals surface area (Å²) in [7, 11) is 0. The first-order chi connectivity index (χ1) is 12.0. The zero-order valence-electron chi connectivity index (χ0n) is 13.8. The molecular weight excluding hydrogens is 378 g/mol. The number of halogens is 1. The number of aromatic nitrogens is 2. The maximum Gasteiger partial charge on any atom is 0.229 e. The zero-order chi connectivity index (χ0) is 17.8. The van der Waals surface area contributed by atoms with Crippen molar-refractivity contribution in [1.29, 1.82) is 0 Å². The molecule has 25 heavy (non-hydrogen) atoms. The second-order valence-electron chi connectivity index (χ2n) is 6.02. The van der Waals surface area contributed by atoms with Gasteiger partial charge in [-0.1, -0.05) is 47.5 Å². The Balaban J connectivity index is 1.53. The van der Waals surface area contributed by atoms with Crippen molar-refractivity contribution in [2.24, 2.45) is 5.92 Å². The molecule has 2 aromatic rings. The van der Waals surface area contributed by atoms with Crippen molar-refractivity contribution < 1.29 is 9.59 Å². The van der Waals surface area contributed by atoms with Crippen LogP contribution in [0.15, 0.2) is 22.5 Å². The van der Waals surface area contributed by atoms with Gasteiger partial charge in [0.1, 0.15) is 0 Å². The van der Waals surface area contributed by atoms with Gasteiger partial charge in [-0.25, -0.2) is 0 Å². The number of rotatable bonds is 6. The molecule has 1 heterocycles. The summed E-state index contributed by atoms with van der Waals surface area (Å²) in [6.07, 6.45) is 4.12. The monoisotopic (exact) mass is 395 g/mol. The summed E-state index contributed by atoms with van der Waals surface area (Å²) in [5, 5.41) is 12.0. The van der Waals surface area contributed by atoms with Gasteiger partial charge in [0, 0.05) is 16.5 Å². The molecule has 8 heteroatoms. The first-order valence-corrected chi connectivity index (χ1v) is 10.3. The summed E-state index contributed by atoms with van der Waals surface area (Å²) < 4.78 is 0.667. The van der Waals surface area contributed by atoms with E-state index in [-0.39, 0.29) is 23.4 Å². The van der Waals surface area contributed by atoms with Crippen LogP contribution in [0.4, 0.5) is 5.13 Å². The first kappa shape index (κ1) is 18.4. The van der Waals surface area contributed by atoms with E-state index in [0.29, 0.717) is 20.1 Å². The van der Waals surface area contributed by atoms with Gasteiger partial charge >= 0.3 is 0 Å². The molecule has 0 saturated heterocycles. The smallest absolute Gasteiger partial charge is 0.229 e. The van der Waals surface area contributed by atoms with E-state index in [1.807, 2.05) is 6.92 Å². The van der Waals surface area contributed by atoms with Gasteiger partial charge in [0.25, 0.3) is 0 Å². The van der Waals surface area contributed by atoms with Crippen LogP contribution in [0.1, 0.15) is 41.6 Å². The summed E-state index contributed by atoms with van der Waals surface area (Å²) in [6, 6.07) is 5.25. The highest BCUT2D eigenvalue weighted by Gasteiger charge is 2.23. The highest BCUT2D eigenvalue weighted by molar-refractivity contribution is 8.01. The van der Waals surface area contributed by atoms with Crippen molar-refractivity contribution in [1.82, 2.24) is 10.2 Å². The quantitative estimate of drug-likeness (QED) is 0.439. The Bertz CT molecular complexity index is 788. The lowest BCUT2D eigenvalue weighted by Crippen LogP contribution is -2.20. The standard InChI is InChI=1S/C17H18ClN3O2S2/c1-10-8-12(6-7-13(10)18)14(22)9-24-17-21-20-16(25-17)19-15(23)11-4-2-3-5-11/h6-8,11H,2-5,9H2,1H3,(H,19,20,23). The minimum absolute atomic E-state index is 0.0107. The van der Waals surface area contributed by atoms with Gasteiger partial charge in [0.05, 0.1) is 5.75 Å². The molecule has 1 aliphatic rings. The molecular formula is C17H18ClN3O2S2. The molecule has 5 nitrogen and oxygen atoms in total. The first-order valence-electron chi connectivity index (χ1n) is 8.09. The Morgan fingerprint density at radius 2 is 2.08 bits per heavy atom. The molecule has 0 spiro atoms. The third-order valence-electron chi connectivity index (χ3n) is 4.17. The van der Waals surface area contributed by atoms with Crippen LogP contribution in [0.2, 0.25) is 5.02 Å². The number of nitrogens with zero attached hydrogens (tertiary/aromatic N) is 2. The maximum absolute atomic E-state index is 12.3. The molecule has 3 rings (SSSR count). The lowest BCUT2D eigenvalue weighted by atomic mass is 10.1. The van der Waals surface area contributed by atoms with Gasteiger partial charge in [0.2, 0.25) is 11.0 Å². The van der Waals surface area contributed by atoms with Crippen molar-refractivity contribution in [3.63, 3.8) is 0 Å². The SMILES string of the molecule is Cc1cc(C(=O)CSc2nnc(NC(=O)C3CCCC3)s2)ccc1Cl. The minimum Gasteiger partial charge on any atom is -0.300 e. The van der Waals surface area contributed by atoms with Gasteiger partial charge in [0.15, 0.2) is 10.1 Å². The molecule has 1 amide bonds. The Hall–Kier alpha value is -1.44. The van der Waals surface area contributed by atoms with Gasteiger partial charge in [-0.05, 0) is 43.5 Å². The Kier molecular flexibility index (Phi) is 6.09. The van der Waals surface area contributed by atoms with Crippen LogP contribution < -0.4 is 5.32 Å². The second-order valence-corrected chi connectivity index (χ2v) is 8.63. The van der Waals surface area contributed by atoms with E-state index in [9.17, 15) is 9.59 Å². The average Bonchev–Trinajstić information content (AvgIpc) is 3.27. The van der Waals surface area contributed by atoms with Gasteiger partial charge in [-0.15, -0.1) is 10.2 Å². The van der Waals surface area contributed by atoms with Crippen LogP contribution in [0.5, 0.6) is 0 Å². The zero-order valence-corrected chi connectivity index (χ0v) is 16.1. The predicted molar refractivity (Wildman–Crippen MR) is 102 cm³/mol. The number of nitrogens with one attached hydrogen (secondary N) is 1. The number of thioether (sulfide) groups is 1. The van der Waals surface area contributed by atoms with Crippen molar-refractivity contribution in [3.8, 4) is 0 Å². The normalized spacial score (nSPS) is 14.6. The van der Waals surface area contributed by atoms with E-state index in [2.05, 4.69) is 15.5 Å². The number of aryl methyl sites for hydroxylation is 1. The largest absolute Gasteiger partial charge is 0.300 e. The number of hydrogen-bond acceptors (Lipinski definition) is 6. The van der Waals surface area contributed by atoms with Crippen LogP contribution in [0, 0.1) is 12.8 Å². The molecule has 1 fully saturated rings. The van der Waals surface area contributed by atoms with E-state index in [1.54, 1.807) is 18.2 Å². The summed E-state index contributed by atoms with van der Waals surface area (Å²) in [6.45, 7) is 1.87. The molecule has 1 N–H and O–H groups in total. The van der Waals surface area contributed by atoms with Crippen molar-refractivity contribution >= 4 is 51.5 Å². The number of anilines is 1. The topological polar surface area (TPSA) is 72.0 Å². The Morgan fingerprint density at radius 3 is 2.80 bits per heavy atom. The summed E-state index contributed by atoms with van der Waals surface area (Å²) in [5.74, 6) is 0.399. The van der Waals surface area contributed by atoms with E-state index < -0.39 is 0 Å². The van der Waals surface area contributed by atoms with Crippen LogP contribution in [0.25, 0.3) is 0 Å². The third kappa shape index (κ3) is 4.80. The van der Waals surface area contributed by atoms with Crippen LogP contribution >= 0.6 is 34.7 Å². The van der Waals surface area contributed by atoms with Crippen molar-refractivity contribution in [3.05, 3.63) is 34.3 Å². The van der Waals surface area contributed by atoms with Crippen LogP contribution in [-0.4, -0.2) is 27.6 Å². The van der Waals surface area contributed by atoms with Gasteiger partial charge < -0.3 is 5.32 Å². The van der Waals surface area contributed by atoms with Gasteiger partial charge in [-0.2, -0.15) is 0 Å². The van der Waals surface area contributed by atoms with Crippen LogP contribution in [-0.2, 0) is 4.79 Å². The fourth-order valence-corrected chi connectivity index (χ4v) is 4.51. The van der Waals surface area contributed by atoms with E-state index in [4.69, 9.17) is 11.6 Å². The highest BCUT2D eigenvalue weighted by Crippen LogP contribution is 2.29. The summed E-state index contributed by atoms with van der Waals surface area (Å²) in [4.78, 5) is 24.4. The molecule has 132 valence electrons. The second kappa shape index (κ2) is 8.29. The average molecular weight is 396 g/mol. The number of amides is 1. The summed E-state index contributed by atoms with van der Waals surface area (Å²) in [5.41, 5.74) is 1.51. The van der Waals surface area contributed by atoms with Gasteiger partial charge in [-0.3, -0.25) is 9.59 Å². The fraction of sp³-hybridized carbons (Fsp3) is 0.412. The van der Waals surface area contributed by atoms with Crippen LogP contribution in [0.3, 0.4) is 0 Å². The lowest BCUT2D eigenvalue weighted by Gasteiger charge is -2.06. The third-order valence-corrected chi connectivity index (χ3v) is 6.57. The molecule has 1 aliphatic carbocycles. The molecule has 0 atom stereocenters. The number of carbonyl (C=O) groups excluding carboxylic acids is 2. The molecule has 0 radical (unpaired) electrons.